The molecule has 0 atom stereocenters. The fourth-order valence-electron chi connectivity index (χ4n) is 2.74. The third-order valence-corrected chi connectivity index (χ3v) is 5.97. The van der Waals surface area contributed by atoms with Crippen LogP contribution in [0.2, 0.25) is 0 Å². The third kappa shape index (κ3) is 3.01. The molecule has 1 aliphatic rings. The summed E-state index contributed by atoms with van der Waals surface area (Å²) in [5.41, 5.74) is 2.32. The van der Waals surface area contributed by atoms with Crippen LogP contribution in [0, 0.1) is 0 Å². The quantitative estimate of drug-likeness (QED) is 0.417. The average Bonchev–Trinajstić information content (AvgIpc) is 2.99. The van der Waals surface area contributed by atoms with Gasteiger partial charge < -0.3 is 10.7 Å². The van der Waals surface area contributed by atoms with E-state index in [1.54, 1.807) is 16.4 Å². The lowest BCUT2D eigenvalue weighted by atomic mass is 10.2. The number of aromatic nitrogens is 3. The number of nitrogens with zero attached hydrogens (tertiary/aromatic N) is 4. The van der Waals surface area contributed by atoms with Crippen LogP contribution in [0.25, 0.3) is 0 Å². The zero-order valence-corrected chi connectivity index (χ0v) is 15.1. The number of nitrogens with two attached hydrogens (primary N) is 1. The van der Waals surface area contributed by atoms with Gasteiger partial charge in [-0.3, -0.25) is 0 Å². The highest BCUT2D eigenvalue weighted by Crippen LogP contribution is 2.48. The summed E-state index contributed by atoms with van der Waals surface area (Å²) in [5.74, 6) is 7.68. The number of hydrogen-bond donors (Lipinski definition) is 1. The van der Waals surface area contributed by atoms with Gasteiger partial charge in [-0.05, 0) is 24.3 Å². The summed E-state index contributed by atoms with van der Waals surface area (Å²) < 4.78 is 1.57. The van der Waals surface area contributed by atoms with E-state index >= 15 is 0 Å². The van der Waals surface area contributed by atoms with Crippen LogP contribution in [0.1, 0.15) is 5.82 Å². The number of fused-ring (bicyclic) bond motifs is 2. The van der Waals surface area contributed by atoms with Crippen LogP contribution in [0.5, 0.6) is 0 Å². The van der Waals surface area contributed by atoms with Crippen molar-refractivity contribution in [2.75, 3.05) is 16.5 Å². The number of anilines is 2. The molecule has 0 bridgehead atoms. The van der Waals surface area contributed by atoms with Crippen molar-refractivity contribution in [1.82, 2.24) is 14.9 Å². The zero-order valence-electron chi connectivity index (χ0n) is 13.5. The summed E-state index contributed by atoms with van der Waals surface area (Å²) in [6, 6.07) is 16.8. The second kappa shape index (κ2) is 6.85. The van der Waals surface area contributed by atoms with Crippen LogP contribution < -0.4 is 10.7 Å². The minimum atomic E-state index is 0.562. The largest absolute Gasteiger partial charge is 0.335 e. The lowest BCUT2D eigenvalue weighted by Crippen LogP contribution is -2.24. The lowest BCUT2D eigenvalue weighted by molar-refractivity contribution is 0.767. The van der Waals surface area contributed by atoms with Gasteiger partial charge in [-0.25, -0.2) is 4.68 Å². The first kappa shape index (κ1) is 16.1. The van der Waals surface area contributed by atoms with Gasteiger partial charge in [-0.15, -0.1) is 16.8 Å². The number of rotatable bonds is 5. The van der Waals surface area contributed by atoms with Crippen LogP contribution in [0.4, 0.5) is 11.4 Å². The fraction of sp³-hybridized carbons (Fsp3) is 0.111. The molecule has 5 nitrogen and oxygen atoms in total. The van der Waals surface area contributed by atoms with Gasteiger partial charge in [0.25, 0.3) is 0 Å². The molecule has 0 aliphatic carbocycles. The molecule has 0 unspecified atom stereocenters. The number of hydrogen-bond acceptors (Lipinski definition) is 6. The maximum Gasteiger partial charge on any atom is 0.210 e. The van der Waals surface area contributed by atoms with Crippen molar-refractivity contribution in [3.63, 3.8) is 0 Å². The van der Waals surface area contributed by atoms with Crippen molar-refractivity contribution in [3.05, 3.63) is 67.0 Å². The maximum atomic E-state index is 6.21. The second-order valence-electron chi connectivity index (χ2n) is 5.49. The molecule has 1 aromatic heterocycles. The Balaban J connectivity index is 1.71. The number of nitrogen functional groups attached to an aromatic ring is 1. The van der Waals surface area contributed by atoms with Crippen molar-refractivity contribution < 1.29 is 0 Å². The van der Waals surface area contributed by atoms with Gasteiger partial charge in [0.2, 0.25) is 5.16 Å². The Bertz CT molecular complexity index is 876. The van der Waals surface area contributed by atoms with E-state index in [4.69, 9.17) is 5.84 Å². The maximum absolute atomic E-state index is 6.21. The van der Waals surface area contributed by atoms with E-state index in [1.807, 2.05) is 6.08 Å². The van der Waals surface area contributed by atoms with Crippen molar-refractivity contribution >= 4 is 34.9 Å². The number of thioether (sulfide) groups is 1. The Hall–Kier alpha value is -2.38. The zero-order chi connectivity index (χ0) is 17.2. The highest BCUT2D eigenvalue weighted by atomic mass is 32.2. The second-order valence-corrected chi connectivity index (χ2v) is 7.56. The van der Waals surface area contributed by atoms with Gasteiger partial charge in [0.1, 0.15) is 0 Å². The van der Waals surface area contributed by atoms with E-state index in [2.05, 4.69) is 70.2 Å². The summed E-state index contributed by atoms with van der Waals surface area (Å²) in [6.07, 6.45) is 1.83. The minimum absolute atomic E-state index is 0.562. The number of para-hydroxylation sites is 2. The SMILES string of the molecule is C=CCSc1nnc(CN2c3ccccc3Sc3ccccc32)n1N. The molecule has 3 aromatic rings. The average molecular weight is 368 g/mol. The first-order chi connectivity index (χ1) is 12.3. The van der Waals surface area contributed by atoms with Crippen LogP contribution in [0.15, 0.2) is 76.1 Å². The van der Waals surface area contributed by atoms with Gasteiger partial charge in [-0.2, -0.15) is 0 Å². The topological polar surface area (TPSA) is 60.0 Å². The van der Waals surface area contributed by atoms with Crippen molar-refractivity contribution in [2.45, 2.75) is 21.5 Å². The molecule has 1 aliphatic heterocycles. The highest BCUT2D eigenvalue weighted by molar-refractivity contribution is 7.99. The molecule has 4 rings (SSSR count). The van der Waals surface area contributed by atoms with Crippen LogP contribution in [-0.4, -0.2) is 20.6 Å². The molecule has 2 N–H and O–H groups in total. The Morgan fingerprint density at radius 2 is 1.68 bits per heavy atom. The molecular formula is C18H17N5S2. The normalized spacial score (nSPS) is 12.6. The summed E-state index contributed by atoms with van der Waals surface area (Å²) in [5, 5.41) is 9.19. The Labute approximate surface area is 154 Å². The highest BCUT2D eigenvalue weighted by Gasteiger charge is 2.24. The molecule has 126 valence electrons. The Kier molecular flexibility index (Phi) is 4.42. The van der Waals surface area contributed by atoms with Crippen LogP contribution in [0.3, 0.4) is 0 Å². The van der Waals surface area contributed by atoms with Gasteiger partial charge in [0.05, 0.1) is 17.9 Å². The molecule has 2 aromatic carbocycles. The van der Waals surface area contributed by atoms with E-state index in [9.17, 15) is 0 Å². The Morgan fingerprint density at radius 1 is 1.04 bits per heavy atom. The molecule has 7 heteroatoms. The summed E-state index contributed by atoms with van der Waals surface area (Å²) in [7, 11) is 0. The number of benzene rings is 2. The predicted octanol–water partition coefficient (Wildman–Crippen LogP) is 4.07. The molecule has 0 saturated carbocycles. The van der Waals surface area contributed by atoms with Crippen LogP contribution in [-0.2, 0) is 6.54 Å². The summed E-state index contributed by atoms with van der Waals surface area (Å²) in [4.78, 5) is 4.70. The summed E-state index contributed by atoms with van der Waals surface area (Å²) >= 11 is 3.31. The van der Waals surface area contributed by atoms with Gasteiger partial charge in [0.15, 0.2) is 5.82 Å². The van der Waals surface area contributed by atoms with Gasteiger partial charge in [-0.1, -0.05) is 53.9 Å². The van der Waals surface area contributed by atoms with E-state index in [0.717, 1.165) is 23.0 Å². The first-order valence-corrected chi connectivity index (χ1v) is 9.64. The fourth-order valence-corrected chi connectivity index (χ4v) is 4.45. The molecule has 0 radical (unpaired) electrons. The minimum Gasteiger partial charge on any atom is -0.335 e. The third-order valence-electron chi connectivity index (χ3n) is 3.90. The predicted molar refractivity (Wildman–Crippen MR) is 104 cm³/mol. The van der Waals surface area contributed by atoms with E-state index in [1.165, 1.54) is 21.6 Å². The van der Waals surface area contributed by atoms with Gasteiger partial charge >= 0.3 is 0 Å². The van der Waals surface area contributed by atoms with Crippen LogP contribution >= 0.6 is 23.5 Å². The molecule has 0 fully saturated rings. The first-order valence-electron chi connectivity index (χ1n) is 7.84. The monoisotopic (exact) mass is 367 g/mol. The van der Waals surface area contributed by atoms with E-state index in [0.29, 0.717) is 11.7 Å². The standard InChI is InChI=1S/C18H17N5S2/c1-2-11-24-18-21-20-17(23(18)19)12-22-13-7-3-5-9-15(13)25-16-10-6-4-8-14(16)22/h2-10H,1,11-12,19H2. The van der Waals surface area contributed by atoms with Gasteiger partial charge in [0, 0.05) is 15.5 Å². The lowest BCUT2D eigenvalue weighted by Gasteiger charge is -2.32. The van der Waals surface area contributed by atoms with E-state index < -0.39 is 0 Å². The molecule has 0 spiro atoms. The van der Waals surface area contributed by atoms with Crippen molar-refractivity contribution in [1.29, 1.82) is 0 Å². The smallest absolute Gasteiger partial charge is 0.210 e. The van der Waals surface area contributed by atoms with Crippen molar-refractivity contribution in [3.8, 4) is 0 Å². The molecular weight excluding hydrogens is 350 g/mol. The molecule has 0 saturated heterocycles. The Morgan fingerprint density at radius 3 is 2.32 bits per heavy atom. The summed E-state index contributed by atoms with van der Waals surface area (Å²) in [6.45, 7) is 4.29. The molecule has 25 heavy (non-hydrogen) atoms. The van der Waals surface area contributed by atoms with Crippen molar-refractivity contribution in [2.24, 2.45) is 0 Å². The molecule has 0 amide bonds. The van der Waals surface area contributed by atoms with E-state index in [-0.39, 0.29) is 0 Å². The molecule has 2 heterocycles.